The van der Waals surface area contributed by atoms with E-state index in [0.717, 1.165) is 11.1 Å². The summed E-state index contributed by atoms with van der Waals surface area (Å²) in [4.78, 5) is 44.5. The minimum absolute atomic E-state index is 0.0358. The number of nitrogens with one attached hydrogen (secondary N) is 3. The number of nitrogens with zero attached hydrogens (tertiary/aromatic N) is 2. The molecule has 0 aromatic heterocycles. The van der Waals surface area contributed by atoms with Crippen LogP contribution in [0.25, 0.3) is 0 Å². The van der Waals surface area contributed by atoms with E-state index in [1.54, 1.807) is 25.3 Å². The number of benzene rings is 2. The molecule has 3 aliphatic rings. The Morgan fingerprint density at radius 1 is 1.11 bits per heavy atom. The predicted octanol–water partition coefficient (Wildman–Crippen LogP) is 3.31. The van der Waals surface area contributed by atoms with Crippen molar-refractivity contribution >= 4 is 29.3 Å². The predicted molar refractivity (Wildman–Crippen MR) is 169 cm³/mol. The number of fused-ring (bicyclic) bond motifs is 1. The van der Waals surface area contributed by atoms with Crippen molar-refractivity contribution in [1.82, 2.24) is 25.8 Å². The van der Waals surface area contributed by atoms with Crippen molar-refractivity contribution in [1.29, 1.82) is 0 Å². The highest BCUT2D eigenvalue weighted by molar-refractivity contribution is 6.31. The first-order valence-electron chi connectivity index (χ1n) is 15.3. The van der Waals surface area contributed by atoms with Gasteiger partial charge in [-0.1, -0.05) is 60.2 Å². The first-order chi connectivity index (χ1) is 21.2. The summed E-state index contributed by atoms with van der Waals surface area (Å²) in [5.74, 6) is -0.758. The zero-order chi connectivity index (χ0) is 31.3. The summed E-state index contributed by atoms with van der Waals surface area (Å²) in [6.45, 7) is 5.09. The fraction of sp³-hybridized carbons (Fsp3) is 0.441. The average molecular weight is 622 g/mol. The third-order valence-electron chi connectivity index (χ3n) is 9.14. The second-order valence-corrected chi connectivity index (χ2v) is 12.5. The van der Waals surface area contributed by atoms with Crippen molar-refractivity contribution in [2.45, 2.75) is 57.3 Å². The highest BCUT2D eigenvalue weighted by Crippen LogP contribution is 2.35. The van der Waals surface area contributed by atoms with Crippen LogP contribution in [0.15, 0.2) is 71.8 Å². The molecule has 4 atom stereocenters. The van der Waals surface area contributed by atoms with Gasteiger partial charge in [-0.3, -0.25) is 19.3 Å². The standard InChI is InChI=1S/C34H41ClFN5O3/c1-23-22-40(16-15-34(33(44)37-2)13-11-27(35)12-14-34)17-18-41(23)32(43)30(19-24-7-9-28(36)10-8-24)39-31(42)29-20-25-5-3-4-6-26(25)21-38-29/h3-13,23,29-30,38H,14-22H2,1-2H3,(H,37,44)(H,39,42). The highest BCUT2D eigenvalue weighted by atomic mass is 35.5. The summed E-state index contributed by atoms with van der Waals surface area (Å²) in [7, 11) is 1.65. The van der Waals surface area contributed by atoms with Gasteiger partial charge in [0.2, 0.25) is 17.7 Å². The lowest BCUT2D eigenvalue weighted by Gasteiger charge is -2.42. The Kier molecular flexibility index (Phi) is 10.2. The van der Waals surface area contributed by atoms with E-state index in [2.05, 4.69) is 26.9 Å². The summed E-state index contributed by atoms with van der Waals surface area (Å²) in [5.41, 5.74) is 2.41. The molecule has 2 aromatic carbocycles. The first kappa shape index (κ1) is 31.9. The molecule has 0 radical (unpaired) electrons. The Bertz CT molecular complexity index is 1430. The molecule has 5 rings (SSSR count). The Balaban J connectivity index is 1.24. The molecule has 44 heavy (non-hydrogen) atoms. The molecule has 2 aromatic rings. The fourth-order valence-corrected chi connectivity index (χ4v) is 6.60. The minimum Gasteiger partial charge on any atom is -0.358 e. The van der Waals surface area contributed by atoms with Gasteiger partial charge in [0.1, 0.15) is 11.9 Å². The van der Waals surface area contributed by atoms with Gasteiger partial charge in [0.25, 0.3) is 0 Å². The number of hydrogen-bond donors (Lipinski definition) is 3. The summed E-state index contributed by atoms with van der Waals surface area (Å²) in [6, 6.07) is 12.8. The highest BCUT2D eigenvalue weighted by Gasteiger charge is 2.38. The molecule has 0 saturated carbocycles. The van der Waals surface area contributed by atoms with E-state index in [1.807, 2.05) is 42.2 Å². The SMILES string of the molecule is CNC(=O)C1(CCN2CCN(C(=O)C(Cc3ccc(F)cc3)NC(=O)C3Cc4ccccc4CN3)C(C)C2)C=CC(Cl)=CC1. The molecule has 0 spiro atoms. The maximum atomic E-state index is 14.0. The van der Waals surface area contributed by atoms with E-state index in [4.69, 9.17) is 11.6 Å². The van der Waals surface area contributed by atoms with Gasteiger partial charge in [-0.2, -0.15) is 0 Å². The van der Waals surface area contributed by atoms with Crippen molar-refractivity contribution in [3.8, 4) is 0 Å². The molecule has 10 heteroatoms. The zero-order valence-corrected chi connectivity index (χ0v) is 26.1. The number of carbonyl (C=O) groups excluding carboxylic acids is 3. The molecule has 2 heterocycles. The normalized spacial score (nSPS) is 24.2. The van der Waals surface area contributed by atoms with E-state index < -0.39 is 17.5 Å². The Morgan fingerprint density at radius 3 is 2.55 bits per heavy atom. The van der Waals surface area contributed by atoms with Crippen LogP contribution in [-0.2, 0) is 33.8 Å². The molecule has 3 amide bonds. The molecule has 1 aliphatic carbocycles. The summed E-state index contributed by atoms with van der Waals surface area (Å²) < 4.78 is 13.6. The molecular formula is C34H41ClFN5O3. The number of piperazine rings is 1. The molecule has 0 bridgehead atoms. The minimum atomic E-state index is -0.790. The van der Waals surface area contributed by atoms with Gasteiger partial charge in [0.15, 0.2) is 0 Å². The van der Waals surface area contributed by atoms with Crippen LogP contribution in [0.5, 0.6) is 0 Å². The lowest BCUT2D eigenvalue weighted by molar-refractivity contribution is -0.140. The van der Waals surface area contributed by atoms with Crippen molar-refractivity contribution < 1.29 is 18.8 Å². The van der Waals surface area contributed by atoms with Crippen LogP contribution in [0, 0.1) is 11.2 Å². The van der Waals surface area contributed by atoms with Gasteiger partial charge in [-0.05, 0) is 67.6 Å². The molecule has 234 valence electrons. The lowest BCUT2D eigenvalue weighted by atomic mass is 9.77. The molecule has 1 fully saturated rings. The van der Waals surface area contributed by atoms with Crippen molar-refractivity contribution in [2.75, 3.05) is 33.2 Å². The number of hydrogen-bond acceptors (Lipinski definition) is 5. The van der Waals surface area contributed by atoms with E-state index in [0.29, 0.717) is 57.0 Å². The molecule has 4 unspecified atom stereocenters. The zero-order valence-electron chi connectivity index (χ0n) is 25.3. The van der Waals surface area contributed by atoms with Gasteiger partial charge in [-0.15, -0.1) is 0 Å². The quantitative estimate of drug-likeness (QED) is 0.400. The number of amides is 3. The smallest absolute Gasteiger partial charge is 0.245 e. The largest absolute Gasteiger partial charge is 0.358 e. The summed E-state index contributed by atoms with van der Waals surface area (Å²) >= 11 is 6.13. The van der Waals surface area contributed by atoms with Crippen LogP contribution in [0.4, 0.5) is 4.39 Å². The lowest BCUT2D eigenvalue weighted by Crippen LogP contribution is -2.61. The monoisotopic (exact) mass is 621 g/mol. The summed E-state index contributed by atoms with van der Waals surface area (Å²) in [6.07, 6.45) is 7.55. The molecular weight excluding hydrogens is 581 g/mol. The van der Waals surface area contributed by atoms with Crippen molar-refractivity contribution in [3.05, 3.63) is 94.3 Å². The third kappa shape index (κ3) is 7.39. The van der Waals surface area contributed by atoms with E-state index in [-0.39, 0.29) is 36.0 Å². The number of carbonyl (C=O) groups is 3. The molecule has 8 nitrogen and oxygen atoms in total. The number of rotatable bonds is 9. The van der Waals surface area contributed by atoms with Crippen LogP contribution in [0.2, 0.25) is 0 Å². The first-order valence-corrected chi connectivity index (χ1v) is 15.7. The van der Waals surface area contributed by atoms with Gasteiger partial charge in [-0.25, -0.2) is 4.39 Å². The topological polar surface area (TPSA) is 93.8 Å². The van der Waals surface area contributed by atoms with Crippen LogP contribution in [-0.4, -0.2) is 78.9 Å². The van der Waals surface area contributed by atoms with Gasteiger partial charge in [0.05, 0.1) is 11.5 Å². The number of allylic oxidation sites excluding steroid dienone is 3. The van der Waals surface area contributed by atoms with Crippen LogP contribution < -0.4 is 16.0 Å². The van der Waals surface area contributed by atoms with Crippen molar-refractivity contribution in [2.24, 2.45) is 5.41 Å². The second-order valence-electron chi connectivity index (χ2n) is 12.1. The maximum Gasteiger partial charge on any atom is 0.245 e. The Labute approximate surface area is 263 Å². The Hall–Kier alpha value is -3.53. The van der Waals surface area contributed by atoms with Gasteiger partial charge < -0.3 is 20.9 Å². The Morgan fingerprint density at radius 2 is 1.86 bits per heavy atom. The van der Waals surface area contributed by atoms with E-state index in [9.17, 15) is 18.8 Å². The van der Waals surface area contributed by atoms with Crippen molar-refractivity contribution in [3.63, 3.8) is 0 Å². The van der Waals surface area contributed by atoms with Crippen LogP contribution in [0.1, 0.15) is 36.5 Å². The fourth-order valence-electron chi connectivity index (χ4n) is 6.46. The van der Waals surface area contributed by atoms with E-state index in [1.165, 1.54) is 17.7 Å². The molecule has 3 N–H and O–H groups in total. The van der Waals surface area contributed by atoms with Gasteiger partial charge >= 0.3 is 0 Å². The van der Waals surface area contributed by atoms with Crippen LogP contribution >= 0.6 is 11.6 Å². The second kappa shape index (κ2) is 14.1. The van der Waals surface area contributed by atoms with Crippen LogP contribution in [0.3, 0.4) is 0 Å². The van der Waals surface area contributed by atoms with E-state index >= 15 is 0 Å². The average Bonchev–Trinajstić information content (AvgIpc) is 3.04. The molecule has 1 saturated heterocycles. The summed E-state index contributed by atoms with van der Waals surface area (Å²) in [5, 5.41) is 9.77. The van der Waals surface area contributed by atoms with Gasteiger partial charge in [0, 0.05) is 50.7 Å². The number of halogens is 2. The third-order valence-corrected chi connectivity index (χ3v) is 9.42. The maximum absolute atomic E-state index is 14.0. The molecule has 2 aliphatic heterocycles.